The summed E-state index contributed by atoms with van der Waals surface area (Å²) < 4.78 is 0.958. The molecule has 0 aliphatic carbocycles. The van der Waals surface area contributed by atoms with Gasteiger partial charge in [-0.2, -0.15) is 0 Å². The molecule has 0 saturated heterocycles. The SMILES string of the molecule is CCCC(CC(=O)O)NC(=O)Nc1ccc(Br)cc1CC. The highest BCUT2D eigenvalue weighted by Crippen LogP contribution is 2.21. The molecule has 0 heterocycles. The number of nitrogens with one attached hydrogen (secondary N) is 2. The summed E-state index contributed by atoms with van der Waals surface area (Å²) in [6, 6.07) is 4.92. The van der Waals surface area contributed by atoms with E-state index < -0.39 is 5.97 Å². The van der Waals surface area contributed by atoms with Crippen molar-refractivity contribution in [1.29, 1.82) is 0 Å². The van der Waals surface area contributed by atoms with E-state index in [4.69, 9.17) is 5.11 Å². The number of amides is 2. The van der Waals surface area contributed by atoms with Gasteiger partial charge in [0.1, 0.15) is 0 Å². The van der Waals surface area contributed by atoms with Crippen LogP contribution in [0, 0.1) is 0 Å². The van der Waals surface area contributed by atoms with Crippen molar-refractivity contribution in [3.63, 3.8) is 0 Å². The molecular weight excluding hydrogens is 336 g/mol. The Morgan fingerprint density at radius 1 is 1.33 bits per heavy atom. The number of anilines is 1. The molecule has 6 heteroatoms. The van der Waals surface area contributed by atoms with Gasteiger partial charge in [0.05, 0.1) is 6.42 Å². The first kappa shape index (κ1) is 17.5. The van der Waals surface area contributed by atoms with Gasteiger partial charge in [0, 0.05) is 16.2 Å². The molecule has 1 aromatic rings. The molecule has 5 nitrogen and oxygen atoms in total. The van der Waals surface area contributed by atoms with Crippen LogP contribution in [0.1, 0.15) is 38.7 Å². The highest BCUT2D eigenvalue weighted by Gasteiger charge is 2.15. The molecule has 0 aliphatic rings. The third-order valence-electron chi connectivity index (χ3n) is 3.09. The van der Waals surface area contributed by atoms with Crippen LogP contribution in [0.4, 0.5) is 10.5 Å². The zero-order valence-electron chi connectivity index (χ0n) is 12.3. The average molecular weight is 357 g/mol. The first-order chi connectivity index (χ1) is 9.96. The molecule has 1 unspecified atom stereocenters. The molecule has 0 saturated carbocycles. The fourth-order valence-corrected chi connectivity index (χ4v) is 2.51. The highest BCUT2D eigenvalue weighted by molar-refractivity contribution is 9.10. The summed E-state index contributed by atoms with van der Waals surface area (Å²) in [6.07, 6.45) is 2.18. The molecule has 0 radical (unpaired) electrons. The van der Waals surface area contributed by atoms with Crippen LogP contribution in [-0.2, 0) is 11.2 Å². The van der Waals surface area contributed by atoms with E-state index in [1.54, 1.807) is 0 Å². The highest BCUT2D eigenvalue weighted by atomic mass is 79.9. The zero-order chi connectivity index (χ0) is 15.8. The van der Waals surface area contributed by atoms with Gasteiger partial charge in [0.15, 0.2) is 0 Å². The number of hydrogen-bond acceptors (Lipinski definition) is 2. The molecule has 3 N–H and O–H groups in total. The maximum Gasteiger partial charge on any atom is 0.319 e. The largest absolute Gasteiger partial charge is 0.481 e. The van der Waals surface area contributed by atoms with E-state index in [1.807, 2.05) is 32.0 Å². The Kier molecular flexibility index (Phi) is 7.22. The second-order valence-electron chi connectivity index (χ2n) is 4.84. The molecule has 0 spiro atoms. The number of carbonyl (C=O) groups excluding carboxylic acids is 1. The molecule has 2 amide bonds. The van der Waals surface area contributed by atoms with Gasteiger partial charge in [0.25, 0.3) is 0 Å². The number of rotatable bonds is 7. The van der Waals surface area contributed by atoms with Crippen LogP contribution in [0.5, 0.6) is 0 Å². The normalized spacial score (nSPS) is 11.8. The molecule has 0 aromatic heterocycles. The third-order valence-corrected chi connectivity index (χ3v) is 3.58. The fourth-order valence-electron chi connectivity index (χ4n) is 2.11. The van der Waals surface area contributed by atoms with Crippen molar-refractivity contribution >= 4 is 33.6 Å². The van der Waals surface area contributed by atoms with E-state index in [2.05, 4.69) is 26.6 Å². The van der Waals surface area contributed by atoms with Crippen molar-refractivity contribution in [1.82, 2.24) is 5.32 Å². The summed E-state index contributed by atoms with van der Waals surface area (Å²) in [5, 5.41) is 14.4. The van der Waals surface area contributed by atoms with Crippen LogP contribution in [0.3, 0.4) is 0 Å². The summed E-state index contributed by atoms with van der Waals surface area (Å²) >= 11 is 3.40. The lowest BCUT2D eigenvalue weighted by atomic mass is 10.1. The molecular formula is C15H21BrN2O3. The van der Waals surface area contributed by atoms with Crippen molar-refractivity contribution in [2.75, 3.05) is 5.32 Å². The Morgan fingerprint density at radius 3 is 2.62 bits per heavy atom. The molecule has 116 valence electrons. The monoisotopic (exact) mass is 356 g/mol. The number of urea groups is 1. The summed E-state index contributed by atoms with van der Waals surface area (Å²) in [6.45, 7) is 3.97. The van der Waals surface area contributed by atoms with Gasteiger partial charge in [-0.1, -0.05) is 36.2 Å². The van der Waals surface area contributed by atoms with Crippen molar-refractivity contribution in [3.8, 4) is 0 Å². The van der Waals surface area contributed by atoms with Gasteiger partial charge in [0.2, 0.25) is 0 Å². The van der Waals surface area contributed by atoms with E-state index in [0.717, 1.165) is 28.6 Å². The summed E-state index contributed by atoms with van der Waals surface area (Å²) in [5.41, 5.74) is 1.76. The Morgan fingerprint density at radius 2 is 2.05 bits per heavy atom. The number of hydrogen-bond donors (Lipinski definition) is 3. The predicted molar refractivity (Wildman–Crippen MR) is 86.6 cm³/mol. The minimum atomic E-state index is -0.911. The number of carboxylic acids is 1. The van der Waals surface area contributed by atoms with Gasteiger partial charge in [-0.15, -0.1) is 0 Å². The number of aryl methyl sites for hydroxylation is 1. The molecule has 1 rings (SSSR count). The molecule has 0 aliphatic heterocycles. The maximum absolute atomic E-state index is 12.0. The predicted octanol–water partition coefficient (Wildman–Crippen LogP) is 3.78. The van der Waals surface area contributed by atoms with Crippen LogP contribution in [0.2, 0.25) is 0 Å². The summed E-state index contributed by atoms with van der Waals surface area (Å²) in [7, 11) is 0. The Bertz CT molecular complexity index is 506. The van der Waals surface area contributed by atoms with E-state index in [9.17, 15) is 9.59 Å². The van der Waals surface area contributed by atoms with Gasteiger partial charge in [-0.25, -0.2) is 4.79 Å². The van der Waals surface area contributed by atoms with E-state index in [-0.39, 0.29) is 18.5 Å². The number of aliphatic carboxylic acids is 1. The first-order valence-corrected chi connectivity index (χ1v) is 7.83. The van der Waals surface area contributed by atoms with Crippen molar-refractivity contribution in [2.24, 2.45) is 0 Å². The Hall–Kier alpha value is -1.56. The molecule has 21 heavy (non-hydrogen) atoms. The summed E-state index contributed by atoms with van der Waals surface area (Å²) in [4.78, 5) is 22.8. The minimum Gasteiger partial charge on any atom is -0.481 e. The maximum atomic E-state index is 12.0. The van der Waals surface area contributed by atoms with E-state index >= 15 is 0 Å². The quantitative estimate of drug-likeness (QED) is 0.695. The number of carbonyl (C=O) groups is 2. The number of halogens is 1. The van der Waals surface area contributed by atoms with Crippen molar-refractivity contribution < 1.29 is 14.7 Å². The van der Waals surface area contributed by atoms with Crippen LogP contribution in [-0.4, -0.2) is 23.1 Å². The fraction of sp³-hybridized carbons (Fsp3) is 0.467. The summed E-state index contributed by atoms with van der Waals surface area (Å²) in [5.74, 6) is -0.911. The third kappa shape index (κ3) is 6.16. The Labute approximate surface area is 133 Å². The van der Waals surface area contributed by atoms with Crippen LogP contribution >= 0.6 is 15.9 Å². The van der Waals surface area contributed by atoms with E-state index in [0.29, 0.717) is 6.42 Å². The van der Waals surface area contributed by atoms with Gasteiger partial charge in [-0.05, 0) is 36.6 Å². The second-order valence-corrected chi connectivity index (χ2v) is 5.75. The topological polar surface area (TPSA) is 78.4 Å². The van der Waals surface area contributed by atoms with Crippen LogP contribution in [0.25, 0.3) is 0 Å². The van der Waals surface area contributed by atoms with E-state index in [1.165, 1.54) is 0 Å². The number of benzene rings is 1. The lowest BCUT2D eigenvalue weighted by Crippen LogP contribution is -2.39. The molecule has 0 fully saturated rings. The lowest BCUT2D eigenvalue weighted by molar-refractivity contribution is -0.137. The minimum absolute atomic E-state index is 0.0672. The van der Waals surface area contributed by atoms with Crippen LogP contribution < -0.4 is 10.6 Å². The standard InChI is InChI=1S/C15H21BrN2O3/c1-3-5-12(9-14(19)20)17-15(21)18-13-7-6-11(16)8-10(13)4-2/h6-8,12H,3-5,9H2,1-2H3,(H,19,20)(H2,17,18,21). The zero-order valence-corrected chi connectivity index (χ0v) is 13.9. The second kappa shape index (κ2) is 8.67. The van der Waals surface area contributed by atoms with Crippen molar-refractivity contribution in [2.45, 2.75) is 45.6 Å². The van der Waals surface area contributed by atoms with Gasteiger partial charge < -0.3 is 15.7 Å². The van der Waals surface area contributed by atoms with Gasteiger partial charge >= 0.3 is 12.0 Å². The van der Waals surface area contributed by atoms with Crippen molar-refractivity contribution in [3.05, 3.63) is 28.2 Å². The molecule has 0 bridgehead atoms. The lowest BCUT2D eigenvalue weighted by Gasteiger charge is -2.17. The Balaban J connectivity index is 2.69. The average Bonchev–Trinajstić information content (AvgIpc) is 2.40. The first-order valence-electron chi connectivity index (χ1n) is 7.04. The molecule has 1 atom stereocenters. The van der Waals surface area contributed by atoms with Gasteiger partial charge in [-0.3, -0.25) is 4.79 Å². The smallest absolute Gasteiger partial charge is 0.319 e. The number of carboxylic acid groups (broad SMARTS) is 1. The molecule has 1 aromatic carbocycles. The van der Waals surface area contributed by atoms with Crippen LogP contribution in [0.15, 0.2) is 22.7 Å².